The van der Waals surface area contributed by atoms with Gasteiger partial charge in [-0.25, -0.2) is 4.98 Å². The molecule has 0 saturated carbocycles. The zero-order valence-corrected chi connectivity index (χ0v) is 12.7. The van der Waals surface area contributed by atoms with Gasteiger partial charge in [0.25, 0.3) is 0 Å². The van der Waals surface area contributed by atoms with Crippen molar-refractivity contribution in [2.75, 3.05) is 18.0 Å². The van der Waals surface area contributed by atoms with E-state index in [1.54, 1.807) is 11.3 Å². The zero-order valence-electron chi connectivity index (χ0n) is 10.3. The molecule has 5 nitrogen and oxygen atoms in total. The fourth-order valence-corrected chi connectivity index (χ4v) is 3.78. The lowest BCUT2D eigenvalue weighted by molar-refractivity contribution is 0.826. The van der Waals surface area contributed by atoms with Crippen LogP contribution in [0.2, 0.25) is 5.28 Å². The van der Waals surface area contributed by atoms with E-state index in [9.17, 15) is 0 Å². The first kappa shape index (κ1) is 13.1. The average molecular weight is 314 g/mol. The van der Waals surface area contributed by atoms with Crippen LogP contribution in [0.3, 0.4) is 0 Å². The third-order valence-electron chi connectivity index (χ3n) is 2.74. The number of nitrogens with zero attached hydrogens (tertiary/aromatic N) is 5. The summed E-state index contributed by atoms with van der Waals surface area (Å²) in [5, 5.41) is 2.86. The molecule has 0 aromatic carbocycles. The molecule has 1 saturated heterocycles. The van der Waals surface area contributed by atoms with Gasteiger partial charge < -0.3 is 4.90 Å². The molecule has 100 valence electrons. The smallest absolute Gasteiger partial charge is 0.230 e. The van der Waals surface area contributed by atoms with Crippen LogP contribution in [0.25, 0.3) is 0 Å². The van der Waals surface area contributed by atoms with Gasteiger partial charge in [0.1, 0.15) is 0 Å². The summed E-state index contributed by atoms with van der Waals surface area (Å²) in [5.74, 6) is 0.674. The molecule has 0 bridgehead atoms. The molecule has 0 atom stereocenters. The normalized spacial score (nSPS) is 15.2. The van der Waals surface area contributed by atoms with Crippen molar-refractivity contribution >= 4 is 40.6 Å². The van der Waals surface area contributed by atoms with Crippen LogP contribution >= 0.6 is 34.7 Å². The third-order valence-corrected chi connectivity index (χ3v) is 4.83. The molecule has 8 heteroatoms. The second kappa shape index (κ2) is 5.60. The highest BCUT2D eigenvalue weighted by molar-refractivity contribution is 8.00. The number of aryl methyl sites for hydroxylation is 1. The van der Waals surface area contributed by atoms with E-state index in [0.29, 0.717) is 11.1 Å². The highest BCUT2D eigenvalue weighted by Gasteiger charge is 2.17. The van der Waals surface area contributed by atoms with Crippen LogP contribution in [0.1, 0.15) is 18.5 Å². The van der Waals surface area contributed by atoms with Crippen molar-refractivity contribution in [2.24, 2.45) is 0 Å². The van der Waals surface area contributed by atoms with Gasteiger partial charge in [-0.15, -0.1) is 11.3 Å². The molecule has 3 rings (SSSR count). The number of halogens is 1. The standard InChI is InChI=1S/C11H12ClN5S2/c1-7-6-18-11(13-7)19-10-15-8(12)14-9(16-10)17-4-2-3-5-17/h6H,2-5H2,1H3. The predicted molar refractivity (Wildman–Crippen MR) is 77.3 cm³/mol. The highest BCUT2D eigenvalue weighted by Crippen LogP contribution is 2.29. The lowest BCUT2D eigenvalue weighted by atomic mass is 10.4. The molecule has 1 aliphatic heterocycles. The first-order valence-corrected chi connectivity index (χ1v) is 8.04. The second-order valence-corrected chi connectivity index (χ2v) is 6.65. The van der Waals surface area contributed by atoms with E-state index < -0.39 is 0 Å². The number of hydrogen-bond acceptors (Lipinski definition) is 7. The fourth-order valence-electron chi connectivity index (χ4n) is 1.88. The van der Waals surface area contributed by atoms with E-state index in [1.807, 2.05) is 12.3 Å². The van der Waals surface area contributed by atoms with E-state index in [2.05, 4.69) is 24.8 Å². The molecule has 1 fully saturated rings. The first-order valence-electron chi connectivity index (χ1n) is 5.97. The molecule has 0 amide bonds. The molecule has 0 spiro atoms. The minimum absolute atomic E-state index is 0.243. The van der Waals surface area contributed by atoms with Crippen molar-refractivity contribution in [1.29, 1.82) is 0 Å². The molecule has 0 aliphatic carbocycles. The topological polar surface area (TPSA) is 54.8 Å². The molecule has 2 aromatic rings. The highest BCUT2D eigenvalue weighted by atomic mass is 35.5. The number of anilines is 1. The zero-order chi connectivity index (χ0) is 13.2. The minimum Gasteiger partial charge on any atom is -0.341 e. The van der Waals surface area contributed by atoms with Gasteiger partial charge in [0.15, 0.2) is 4.34 Å². The molecular weight excluding hydrogens is 302 g/mol. The van der Waals surface area contributed by atoms with Crippen LogP contribution in [-0.2, 0) is 0 Å². The monoisotopic (exact) mass is 313 g/mol. The summed E-state index contributed by atoms with van der Waals surface area (Å²) in [5.41, 5.74) is 1.01. The SMILES string of the molecule is Cc1csc(Sc2nc(Cl)nc(N3CCCC3)n2)n1. The van der Waals surface area contributed by atoms with E-state index in [1.165, 1.54) is 24.6 Å². The lowest BCUT2D eigenvalue weighted by Crippen LogP contribution is -2.21. The van der Waals surface area contributed by atoms with Gasteiger partial charge in [-0.1, -0.05) is 0 Å². The van der Waals surface area contributed by atoms with Gasteiger partial charge in [-0.3, -0.25) is 0 Å². The van der Waals surface area contributed by atoms with Crippen molar-refractivity contribution in [3.8, 4) is 0 Å². The van der Waals surface area contributed by atoms with Crippen LogP contribution in [0.5, 0.6) is 0 Å². The first-order chi connectivity index (χ1) is 9.20. The predicted octanol–water partition coefficient (Wildman–Crippen LogP) is 3.04. The Hall–Kier alpha value is -0.920. The molecule has 2 aromatic heterocycles. The summed E-state index contributed by atoms with van der Waals surface area (Å²) >= 11 is 8.99. The average Bonchev–Trinajstić information content (AvgIpc) is 3.00. The molecule has 0 unspecified atom stereocenters. The van der Waals surface area contributed by atoms with Gasteiger partial charge in [-0.05, 0) is 43.1 Å². The molecule has 0 N–H and O–H groups in total. The van der Waals surface area contributed by atoms with Gasteiger partial charge in [0.2, 0.25) is 16.4 Å². The summed E-state index contributed by atoms with van der Waals surface area (Å²) < 4.78 is 0.923. The Kier molecular flexibility index (Phi) is 3.86. The number of hydrogen-bond donors (Lipinski definition) is 0. The lowest BCUT2D eigenvalue weighted by Gasteiger charge is -2.14. The summed E-state index contributed by atoms with van der Waals surface area (Å²) in [7, 11) is 0. The van der Waals surface area contributed by atoms with Crippen molar-refractivity contribution in [3.63, 3.8) is 0 Å². The summed E-state index contributed by atoms with van der Waals surface area (Å²) in [4.78, 5) is 19.4. The minimum atomic E-state index is 0.243. The van der Waals surface area contributed by atoms with Crippen molar-refractivity contribution in [2.45, 2.75) is 29.3 Å². The van der Waals surface area contributed by atoms with Crippen molar-refractivity contribution in [1.82, 2.24) is 19.9 Å². The van der Waals surface area contributed by atoms with Crippen LogP contribution in [0.4, 0.5) is 5.95 Å². The van der Waals surface area contributed by atoms with Crippen molar-refractivity contribution < 1.29 is 0 Å². The van der Waals surface area contributed by atoms with Crippen LogP contribution in [-0.4, -0.2) is 33.0 Å². The van der Waals surface area contributed by atoms with Gasteiger partial charge >= 0.3 is 0 Å². The molecule has 0 radical (unpaired) electrons. The molecule has 1 aliphatic rings. The van der Waals surface area contributed by atoms with Crippen LogP contribution in [0, 0.1) is 6.92 Å². The Morgan fingerprint density at radius 1 is 1.21 bits per heavy atom. The van der Waals surface area contributed by atoms with Gasteiger partial charge in [0, 0.05) is 24.2 Å². The largest absolute Gasteiger partial charge is 0.341 e. The number of aromatic nitrogens is 4. The summed E-state index contributed by atoms with van der Waals surface area (Å²) in [6, 6.07) is 0. The van der Waals surface area contributed by atoms with E-state index in [4.69, 9.17) is 11.6 Å². The Morgan fingerprint density at radius 2 is 2.00 bits per heavy atom. The fraction of sp³-hybridized carbons (Fsp3) is 0.455. The summed E-state index contributed by atoms with van der Waals surface area (Å²) in [6.07, 6.45) is 2.36. The number of thiazole rings is 1. The molecule has 19 heavy (non-hydrogen) atoms. The maximum absolute atomic E-state index is 5.98. The quantitative estimate of drug-likeness (QED) is 0.868. The molecule has 3 heterocycles. The van der Waals surface area contributed by atoms with E-state index >= 15 is 0 Å². The van der Waals surface area contributed by atoms with Crippen LogP contribution in [0.15, 0.2) is 14.9 Å². The van der Waals surface area contributed by atoms with Crippen LogP contribution < -0.4 is 4.90 Å². The van der Waals surface area contributed by atoms with Gasteiger partial charge in [-0.2, -0.15) is 15.0 Å². The summed E-state index contributed by atoms with van der Waals surface area (Å²) in [6.45, 7) is 3.94. The number of rotatable bonds is 3. The Balaban J connectivity index is 1.84. The molecular formula is C11H12ClN5S2. The Labute approximate surface area is 124 Å². The maximum Gasteiger partial charge on any atom is 0.230 e. The maximum atomic E-state index is 5.98. The third kappa shape index (κ3) is 3.16. The Bertz CT molecular complexity index is 582. The van der Waals surface area contributed by atoms with Gasteiger partial charge in [0.05, 0.1) is 0 Å². The van der Waals surface area contributed by atoms with E-state index in [0.717, 1.165) is 23.1 Å². The van der Waals surface area contributed by atoms with Crippen molar-refractivity contribution in [3.05, 3.63) is 16.4 Å². The van der Waals surface area contributed by atoms with E-state index in [-0.39, 0.29) is 5.28 Å². The second-order valence-electron chi connectivity index (χ2n) is 4.24. The Morgan fingerprint density at radius 3 is 2.68 bits per heavy atom.